The first-order valence-corrected chi connectivity index (χ1v) is 9.13. The summed E-state index contributed by atoms with van der Waals surface area (Å²) in [7, 11) is 0. The molecule has 4 heteroatoms. The van der Waals surface area contributed by atoms with Crippen molar-refractivity contribution >= 4 is 0 Å². The molecule has 2 fully saturated rings. The van der Waals surface area contributed by atoms with Crippen LogP contribution >= 0.6 is 0 Å². The van der Waals surface area contributed by atoms with Gasteiger partial charge in [0.15, 0.2) is 11.5 Å². The number of hydrogen-bond acceptors (Lipinski definition) is 4. The molecule has 0 N–H and O–H groups in total. The molecule has 1 aromatic carbocycles. The van der Waals surface area contributed by atoms with Crippen LogP contribution in [0.3, 0.4) is 0 Å². The van der Waals surface area contributed by atoms with Crippen molar-refractivity contribution in [3.05, 3.63) is 23.8 Å². The van der Waals surface area contributed by atoms with Crippen molar-refractivity contribution in [2.45, 2.75) is 38.6 Å². The largest absolute Gasteiger partial charge is 0.454 e. The van der Waals surface area contributed by atoms with Crippen molar-refractivity contribution in [3.63, 3.8) is 0 Å². The van der Waals surface area contributed by atoms with E-state index in [9.17, 15) is 0 Å². The highest BCUT2D eigenvalue weighted by Crippen LogP contribution is 2.33. The third kappa shape index (κ3) is 3.48. The summed E-state index contributed by atoms with van der Waals surface area (Å²) in [5.41, 5.74) is 1.36. The zero-order valence-electron chi connectivity index (χ0n) is 14.2. The van der Waals surface area contributed by atoms with E-state index in [1.54, 1.807) is 0 Å². The Morgan fingerprint density at radius 2 is 1.87 bits per heavy atom. The minimum absolute atomic E-state index is 0.361. The van der Waals surface area contributed by atoms with Crippen molar-refractivity contribution in [1.29, 1.82) is 0 Å². The number of piperidine rings is 1. The summed E-state index contributed by atoms with van der Waals surface area (Å²) < 4.78 is 10.9. The van der Waals surface area contributed by atoms with Crippen LogP contribution in [-0.2, 0) is 6.42 Å². The average Bonchev–Trinajstić information content (AvgIpc) is 2.99. The summed E-state index contributed by atoms with van der Waals surface area (Å²) >= 11 is 0. The van der Waals surface area contributed by atoms with Gasteiger partial charge in [-0.3, -0.25) is 9.80 Å². The molecule has 0 amide bonds. The summed E-state index contributed by atoms with van der Waals surface area (Å²) in [5, 5.41) is 0. The monoisotopic (exact) mass is 316 g/mol. The summed E-state index contributed by atoms with van der Waals surface area (Å²) in [6.45, 7) is 9.12. The maximum atomic E-state index is 5.48. The van der Waals surface area contributed by atoms with Crippen molar-refractivity contribution in [1.82, 2.24) is 9.80 Å². The van der Waals surface area contributed by atoms with Gasteiger partial charge < -0.3 is 9.47 Å². The van der Waals surface area contributed by atoms with Crippen molar-refractivity contribution in [3.8, 4) is 11.5 Å². The van der Waals surface area contributed by atoms with Crippen LogP contribution in [0, 0.1) is 5.92 Å². The molecule has 1 atom stereocenters. The average molecular weight is 316 g/mol. The molecule has 1 aromatic rings. The fourth-order valence-corrected chi connectivity index (χ4v) is 4.18. The highest BCUT2D eigenvalue weighted by Gasteiger charge is 2.32. The fourth-order valence-electron chi connectivity index (χ4n) is 4.18. The van der Waals surface area contributed by atoms with Gasteiger partial charge >= 0.3 is 0 Å². The molecule has 0 spiro atoms. The van der Waals surface area contributed by atoms with E-state index in [0.717, 1.165) is 24.0 Å². The van der Waals surface area contributed by atoms with Gasteiger partial charge in [0.05, 0.1) is 0 Å². The normalized spacial score (nSPS) is 23.7. The molecule has 3 aliphatic rings. The SMILES string of the molecule is C[C@@H](Cc1ccc2c(c1)OCO2)CN1CC(N2CCCCC2)C1. The van der Waals surface area contributed by atoms with E-state index in [4.69, 9.17) is 9.47 Å². The minimum Gasteiger partial charge on any atom is -0.454 e. The van der Waals surface area contributed by atoms with E-state index in [2.05, 4.69) is 28.9 Å². The van der Waals surface area contributed by atoms with Gasteiger partial charge in [0, 0.05) is 25.7 Å². The van der Waals surface area contributed by atoms with Crippen molar-refractivity contribution in [2.75, 3.05) is 39.5 Å². The minimum atomic E-state index is 0.361. The quantitative estimate of drug-likeness (QED) is 0.834. The highest BCUT2D eigenvalue weighted by molar-refractivity contribution is 5.44. The van der Waals surface area contributed by atoms with E-state index in [1.807, 2.05) is 6.07 Å². The summed E-state index contributed by atoms with van der Waals surface area (Å²) in [6, 6.07) is 7.19. The van der Waals surface area contributed by atoms with E-state index in [-0.39, 0.29) is 0 Å². The molecule has 23 heavy (non-hydrogen) atoms. The fraction of sp³-hybridized carbons (Fsp3) is 0.684. The van der Waals surface area contributed by atoms with Crippen LogP contribution in [0.4, 0.5) is 0 Å². The molecular formula is C19H28N2O2. The maximum Gasteiger partial charge on any atom is 0.231 e. The van der Waals surface area contributed by atoms with Gasteiger partial charge in [0.2, 0.25) is 6.79 Å². The molecular weight excluding hydrogens is 288 g/mol. The molecule has 3 aliphatic heterocycles. The number of rotatable bonds is 5. The van der Waals surface area contributed by atoms with Gasteiger partial charge in [0.25, 0.3) is 0 Å². The lowest BCUT2D eigenvalue weighted by molar-refractivity contribution is 0.0159. The van der Waals surface area contributed by atoms with Crippen LogP contribution in [-0.4, -0.2) is 55.4 Å². The molecule has 4 rings (SSSR count). The lowest BCUT2D eigenvalue weighted by Gasteiger charge is -2.47. The Morgan fingerprint density at radius 1 is 1.09 bits per heavy atom. The molecule has 0 aromatic heterocycles. The second-order valence-electron chi connectivity index (χ2n) is 7.47. The molecule has 3 heterocycles. The Balaban J connectivity index is 1.23. The third-order valence-electron chi connectivity index (χ3n) is 5.44. The van der Waals surface area contributed by atoms with Gasteiger partial charge in [-0.2, -0.15) is 0 Å². The zero-order valence-corrected chi connectivity index (χ0v) is 14.2. The maximum absolute atomic E-state index is 5.48. The molecule has 2 saturated heterocycles. The second kappa shape index (κ2) is 6.70. The van der Waals surface area contributed by atoms with Crippen LogP contribution in [0.15, 0.2) is 18.2 Å². The summed E-state index contributed by atoms with van der Waals surface area (Å²) in [5.74, 6) is 2.47. The van der Waals surface area contributed by atoms with Gasteiger partial charge in [-0.15, -0.1) is 0 Å². The van der Waals surface area contributed by atoms with Crippen molar-refractivity contribution < 1.29 is 9.47 Å². The number of nitrogens with zero attached hydrogens (tertiary/aromatic N) is 2. The summed E-state index contributed by atoms with van der Waals surface area (Å²) in [4.78, 5) is 5.33. The van der Waals surface area contributed by atoms with E-state index >= 15 is 0 Å². The van der Waals surface area contributed by atoms with Gasteiger partial charge in [-0.1, -0.05) is 19.4 Å². The van der Waals surface area contributed by atoms with Crippen LogP contribution in [0.2, 0.25) is 0 Å². The van der Waals surface area contributed by atoms with Crippen LogP contribution in [0.5, 0.6) is 11.5 Å². The molecule has 0 radical (unpaired) electrons. The highest BCUT2D eigenvalue weighted by atomic mass is 16.7. The van der Waals surface area contributed by atoms with Crippen LogP contribution < -0.4 is 9.47 Å². The topological polar surface area (TPSA) is 24.9 Å². The number of ether oxygens (including phenoxy) is 2. The number of hydrogen-bond donors (Lipinski definition) is 0. The Kier molecular flexibility index (Phi) is 4.45. The Bertz CT molecular complexity index is 536. The van der Waals surface area contributed by atoms with E-state index < -0.39 is 0 Å². The van der Waals surface area contributed by atoms with Gasteiger partial charge in [-0.05, 0) is 56.0 Å². The number of benzene rings is 1. The van der Waals surface area contributed by atoms with E-state index in [0.29, 0.717) is 12.7 Å². The molecule has 4 nitrogen and oxygen atoms in total. The Morgan fingerprint density at radius 3 is 2.70 bits per heavy atom. The second-order valence-corrected chi connectivity index (χ2v) is 7.47. The molecule has 0 aliphatic carbocycles. The Labute approximate surface area is 139 Å². The zero-order chi connectivity index (χ0) is 15.6. The molecule has 126 valence electrons. The van der Waals surface area contributed by atoms with Gasteiger partial charge in [-0.25, -0.2) is 0 Å². The predicted molar refractivity (Wildman–Crippen MR) is 91.1 cm³/mol. The molecule has 0 bridgehead atoms. The number of fused-ring (bicyclic) bond motifs is 1. The van der Waals surface area contributed by atoms with Crippen LogP contribution in [0.1, 0.15) is 31.7 Å². The Hall–Kier alpha value is -1.26. The van der Waals surface area contributed by atoms with Gasteiger partial charge in [0.1, 0.15) is 0 Å². The summed E-state index contributed by atoms with van der Waals surface area (Å²) in [6.07, 6.45) is 5.34. The van der Waals surface area contributed by atoms with Crippen LogP contribution in [0.25, 0.3) is 0 Å². The third-order valence-corrected chi connectivity index (χ3v) is 5.44. The lowest BCUT2D eigenvalue weighted by atomic mass is 9.97. The first-order valence-electron chi connectivity index (χ1n) is 9.13. The van der Waals surface area contributed by atoms with Crippen molar-refractivity contribution in [2.24, 2.45) is 5.92 Å². The first-order chi connectivity index (χ1) is 11.3. The first kappa shape index (κ1) is 15.3. The lowest BCUT2D eigenvalue weighted by Crippen LogP contribution is -2.60. The smallest absolute Gasteiger partial charge is 0.231 e. The molecule has 0 unspecified atom stereocenters. The van der Waals surface area contributed by atoms with E-state index in [1.165, 1.54) is 57.5 Å². The number of likely N-dealkylation sites (tertiary alicyclic amines) is 2. The standard InChI is InChI=1S/C19H28N2O2/c1-15(9-16-5-6-18-19(10-16)23-14-22-18)11-20-12-17(13-20)21-7-3-2-4-8-21/h5-6,10,15,17H,2-4,7-9,11-14H2,1H3/t15-/m0/s1. The molecule has 0 saturated carbocycles. The predicted octanol–water partition coefficient (Wildman–Crippen LogP) is 2.76.